The van der Waals surface area contributed by atoms with Crippen molar-refractivity contribution >= 4 is 39.5 Å². The predicted molar refractivity (Wildman–Crippen MR) is 117 cm³/mol. The van der Waals surface area contributed by atoms with Gasteiger partial charge >= 0.3 is 5.97 Å². The second kappa shape index (κ2) is 7.77. The first-order valence-electron chi connectivity index (χ1n) is 10.3. The third-order valence-electron chi connectivity index (χ3n) is 5.82. The Morgan fingerprint density at radius 3 is 2.97 bits per heavy atom. The quantitative estimate of drug-likeness (QED) is 0.634. The number of thiophene rings is 1. The van der Waals surface area contributed by atoms with E-state index in [4.69, 9.17) is 4.74 Å². The molecule has 1 aliphatic carbocycles. The van der Waals surface area contributed by atoms with Gasteiger partial charge in [-0.2, -0.15) is 0 Å². The molecule has 158 valence electrons. The highest BCUT2D eigenvalue weighted by molar-refractivity contribution is 7.18. The largest absolute Gasteiger partial charge is 0.457 e. The van der Waals surface area contributed by atoms with Crippen LogP contribution in [0, 0.1) is 0 Å². The number of fused-ring (bicyclic) bond motifs is 4. The first-order valence-corrected chi connectivity index (χ1v) is 11.1. The van der Waals surface area contributed by atoms with Gasteiger partial charge in [-0.25, -0.2) is 4.98 Å². The number of aromatic amines is 1. The Hall–Kier alpha value is -3.26. The molecule has 8 heteroatoms. The van der Waals surface area contributed by atoms with Crippen LogP contribution in [0.4, 0.5) is 0 Å². The summed E-state index contributed by atoms with van der Waals surface area (Å²) >= 11 is 1.55. The van der Waals surface area contributed by atoms with Crippen LogP contribution in [-0.4, -0.2) is 26.7 Å². The van der Waals surface area contributed by atoms with Crippen LogP contribution in [0.25, 0.3) is 16.3 Å². The van der Waals surface area contributed by atoms with Gasteiger partial charge < -0.3 is 14.6 Å². The summed E-state index contributed by atoms with van der Waals surface area (Å²) in [6.07, 6.45) is 6.56. The SMILES string of the molecule is CC(=O)N1C=Cc2ccccc2C1CC(=O)OCc1nc2sc3c(c2c(=O)[nH]1)CCC3. The molecule has 0 fully saturated rings. The lowest BCUT2D eigenvalue weighted by molar-refractivity contribution is -0.147. The number of H-pyrrole nitrogens is 1. The van der Waals surface area contributed by atoms with Crippen molar-refractivity contribution in [2.24, 2.45) is 0 Å². The highest BCUT2D eigenvalue weighted by atomic mass is 32.1. The molecule has 1 aromatic carbocycles. The number of carbonyl (C=O) groups excluding carboxylic acids is 2. The summed E-state index contributed by atoms with van der Waals surface area (Å²) in [5.74, 6) is -0.276. The number of carbonyl (C=O) groups is 2. The number of hydrogen-bond donors (Lipinski definition) is 1. The molecule has 5 rings (SSSR count). The third-order valence-corrected chi connectivity index (χ3v) is 7.01. The number of nitrogens with zero attached hydrogens (tertiary/aromatic N) is 2. The smallest absolute Gasteiger partial charge is 0.308 e. The van der Waals surface area contributed by atoms with Crippen molar-refractivity contribution in [3.8, 4) is 0 Å². The molecule has 0 saturated carbocycles. The summed E-state index contributed by atoms with van der Waals surface area (Å²) in [7, 11) is 0. The molecule has 1 amide bonds. The molecule has 1 atom stereocenters. The van der Waals surface area contributed by atoms with E-state index in [2.05, 4.69) is 9.97 Å². The van der Waals surface area contributed by atoms with Gasteiger partial charge in [-0.05, 0) is 42.0 Å². The maximum atomic E-state index is 12.6. The summed E-state index contributed by atoms with van der Waals surface area (Å²) in [6.45, 7) is 1.36. The van der Waals surface area contributed by atoms with Crippen LogP contribution in [0.3, 0.4) is 0 Å². The van der Waals surface area contributed by atoms with E-state index in [1.807, 2.05) is 30.3 Å². The maximum absolute atomic E-state index is 12.6. The Bertz CT molecular complexity index is 1290. The second-order valence-corrected chi connectivity index (χ2v) is 8.89. The number of rotatable bonds is 4. The summed E-state index contributed by atoms with van der Waals surface area (Å²) in [6, 6.07) is 7.23. The molecule has 1 aliphatic heterocycles. The fourth-order valence-corrected chi connectivity index (χ4v) is 5.67. The molecular weight excluding hydrogens is 414 g/mol. The topological polar surface area (TPSA) is 92.4 Å². The third kappa shape index (κ3) is 3.57. The zero-order valence-electron chi connectivity index (χ0n) is 17.0. The van der Waals surface area contributed by atoms with Crippen molar-refractivity contribution in [2.75, 3.05) is 0 Å². The number of aromatic nitrogens is 2. The zero-order chi connectivity index (χ0) is 21.5. The van der Waals surface area contributed by atoms with Crippen molar-refractivity contribution in [3.05, 3.63) is 68.2 Å². The average Bonchev–Trinajstić information content (AvgIpc) is 3.33. The molecule has 2 aromatic heterocycles. The van der Waals surface area contributed by atoms with E-state index in [1.54, 1.807) is 22.4 Å². The van der Waals surface area contributed by atoms with Gasteiger partial charge in [-0.1, -0.05) is 24.3 Å². The van der Waals surface area contributed by atoms with E-state index >= 15 is 0 Å². The van der Waals surface area contributed by atoms with Crippen molar-refractivity contribution < 1.29 is 14.3 Å². The summed E-state index contributed by atoms with van der Waals surface area (Å²) in [5, 5.41) is 0.676. The zero-order valence-corrected chi connectivity index (χ0v) is 17.8. The summed E-state index contributed by atoms with van der Waals surface area (Å²) in [5.41, 5.74) is 2.81. The van der Waals surface area contributed by atoms with Crippen molar-refractivity contribution in [1.29, 1.82) is 0 Å². The van der Waals surface area contributed by atoms with E-state index in [9.17, 15) is 14.4 Å². The number of nitrogens with one attached hydrogen (secondary N) is 1. The van der Waals surface area contributed by atoms with Crippen LogP contribution in [0.2, 0.25) is 0 Å². The van der Waals surface area contributed by atoms with Gasteiger partial charge in [0.2, 0.25) is 5.91 Å². The first-order chi connectivity index (χ1) is 15.0. The highest BCUT2D eigenvalue weighted by Gasteiger charge is 2.29. The van der Waals surface area contributed by atoms with Crippen LogP contribution in [0.5, 0.6) is 0 Å². The number of esters is 1. The number of amides is 1. The fraction of sp³-hybridized carbons (Fsp3) is 0.304. The monoisotopic (exact) mass is 435 g/mol. The lowest BCUT2D eigenvalue weighted by Crippen LogP contribution is -2.32. The average molecular weight is 436 g/mol. The van der Waals surface area contributed by atoms with Gasteiger partial charge in [0.05, 0.1) is 17.8 Å². The van der Waals surface area contributed by atoms with E-state index in [1.165, 1.54) is 11.8 Å². The van der Waals surface area contributed by atoms with Crippen LogP contribution >= 0.6 is 11.3 Å². The van der Waals surface area contributed by atoms with Gasteiger partial charge in [0.15, 0.2) is 0 Å². The van der Waals surface area contributed by atoms with Crippen LogP contribution in [-0.2, 0) is 33.8 Å². The normalized spacial score (nSPS) is 16.9. The van der Waals surface area contributed by atoms with E-state index in [-0.39, 0.29) is 24.5 Å². The van der Waals surface area contributed by atoms with Gasteiger partial charge in [0.1, 0.15) is 17.3 Å². The minimum absolute atomic E-state index is 0.0146. The molecule has 3 heterocycles. The molecular formula is C23H21N3O4S. The first kappa shape index (κ1) is 19.7. The molecule has 0 saturated heterocycles. The predicted octanol–water partition coefficient (Wildman–Crippen LogP) is 3.48. The number of hydrogen-bond acceptors (Lipinski definition) is 6. The Kier molecular flexibility index (Phi) is 4.94. The van der Waals surface area contributed by atoms with Gasteiger partial charge in [-0.3, -0.25) is 14.4 Å². The Balaban J connectivity index is 1.32. The Morgan fingerprint density at radius 2 is 2.13 bits per heavy atom. The molecule has 0 radical (unpaired) electrons. The number of aryl methyl sites for hydroxylation is 2. The van der Waals surface area contributed by atoms with Gasteiger partial charge in [0, 0.05) is 18.0 Å². The molecule has 2 aliphatic rings. The molecule has 1 N–H and O–H groups in total. The van der Waals surface area contributed by atoms with E-state index < -0.39 is 12.0 Å². The lowest BCUT2D eigenvalue weighted by atomic mass is 9.94. The highest BCUT2D eigenvalue weighted by Crippen LogP contribution is 2.35. The molecule has 31 heavy (non-hydrogen) atoms. The summed E-state index contributed by atoms with van der Waals surface area (Å²) in [4.78, 5) is 48.0. The fourth-order valence-electron chi connectivity index (χ4n) is 4.39. The van der Waals surface area contributed by atoms with Crippen molar-refractivity contribution in [3.63, 3.8) is 0 Å². The second-order valence-electron chi connectivity index (χ2n) is 7.80. The molecule has 1 unspecified atom stereocenters. The standard InChI is InChI=1S/C23H21N3O4S/c1-13(27)26-10-9-14-5-2-3-6-15(14)17(26)11-20(28)30-12-19-24-22(29)21-16-7-4-8-18(16)31-23(21)25-19/h2-3,5-6,9-10,17H,4,7-8,11-12H2,1H3,(H,24,25,29). The number of benzene rings is 1. The lowest BCUT2D eigenvalue weighted by Gasteiger charge is -2.32. The van der Waals surface area contributed by atoms with E-state index in [0.29, 0.717) is 16.0 Å². The van der Waals surface area contributed by atoms with Gasteiger partial charge in [0.25, 0.3) is 5.56 Å². The molecule has 0 bridgehead atoms. The molecule has 3 aromatic rings. The summed E-state index contributed by atoms with van der Waals surface area (Å²) < 4.78 is 5.43. The van der Waals surface area contributed by atoms with Crippen molar-refractivity contribution in [1.82, 2.24) is 14.9 Å². The van der Waals surface area contributed by atoms with Crippen LogP contribution < -0.4 is 5.56 Å². The minimum atomic E-state index is -0.460. The van der Waals surface area contributed by atoms with E-state index in [0.717, 1.165) is 36.0 Å². The molecule has 7 nitrogen and oxygen atoms in total. The van der Waals surface area contributed by atoms with Crippen molar-refractivity contribution in [2.45, 2.75) is 45.3 Å². The van der Waals surface area contributed by atoms with Gasteiger partial charge in [-0.15, -0.1) is 11.3 Å². The van der Waals surface area contributed by atoms with Crippen LogP contribution in [0.15, 0.2) is 35.3 Å². The minimum Gasteiger partial charge on any atom is -0.457 e. The molecule has 0 spiro atoms. The van der Waals surface area contributed by atoms with Crippen LogP contribution in [0.1, 0.15) is 53.2 Å². The Labute approximate surface area is 182 Å². The Morgan fingerprint density at radius 1 is 1.29 bits per heavy atom. The maximum Gasteiger partial charge on any atom is 0.308 e. The number of ether oxygens (including phenoxy) is 1.